The molecule has 0 spiro atoms. The summed E-state index contributed by atoms with van der Waals surface area (Å²) in [6.07, 6.45) is 27.4. The number of nitrogens with zero attached hydrogens (tertiary/aromatic N) is 1. The third-order valence-corrected chi connectivity index (χ3v) is 9.54. The Labute approximate surface area is 244 Å². The summed E-state index contributed by atoms with van der Waals surface area (Å²) >= 11 is 0. The van der Waals surface area contributed by atoms with Crippen molar-refractivity contribution in [2.75, 3.05) is 4.90 Å². The van der Waals surface area contributed by atoms with Gasteiger partial charge in [-0.15, -0.1) is 0 Å². The summed E-state index contributed by atoms with van der Waals surface area (Å²) in [5.41, 5.74) is 10.6. The van der Waals surface area contributed by atoms with E-state index in [-0.39, 0.29) is 5.41 Å². The van der Waals surface area contributed by atoms with E-state index in [1.165, 1.54) is 87.7 Å². The number of para-hydroxylation sites is 1. The van der Waals surface area contributed by atoms with Crippen LogP contribution in [0, 0.1) is 11.8 Å². The molecule has 3 aliphatic rings. The van der Waals surface area contributed by atoms with Crippen LogP contribution in [-0.4, -0.2) is 0 Å². The van der Waals surface area contributed by atoms with Crippen LogP contribution in [-0.2, 0) is 5.41 Å². The van der Waals surface area contributed by atoms with Gasteiger partial charge in [0.1, 0.15) is 0 Å². The van der Waals surface area contributed by atoms with Crippen LogP contribution in [0.25, 0.3) is 5.57 Å². The molecule has 3 aliphatic carbocycles. The standard InChI is InChI=1S/C39H51N/c1-5-7-9-14-25-39(26-15-10-8-6-2)37-24-21-31(4)28-36(37)35-23-22-34(29-38(35)39)40(32-18-12-11-13-19-32)33-20-16-17-30(3)27-33/h11-13,16-24,29-31H,5-10,14-15,25-28H2,1-4H3/t30-,31?/m0/s1. The highest BCUT2D eigenvalue weighted by atomic mass is 15.1. The number of allylic oxidation sites excluding steroid dienone is 8. The van der Waals surface area contributed by atoms with Gasteiger partial charge in [0.25, 0.3) is 0 Å². The highest BCUT2D eigenvalue weighted by Gasteiger charge is 2.44. The molecule has 0 heterocycles. The van der Waals surface area contributed by atoms with Crippen molar-refractivity contribution in [2.45, 2.75) is 110 Å². The van der Waals surface area contributed by atoms with E-state index < -0.39 is 0 Å². The van der Waals surface area contributed by atoms with E-state index in [1.54, 1.807) is 22.3 Å². The molecule has 0 bridgehead atoms. The van der Waals surface area contributed by atoms with Crippen LogP contribution in [0.1, 0.15) is 116 Å². The fourth-order valence-electron chi connectivity index (χ4n) is 7.46. The number of unbranched alkanes of at least 4 members (excludes halogenated alkanes) is 6. The average molecular weight is 534 g/mol. The minimum Gasteiger partial charge on any atom is -0.314 e. The first kappa shape index (κ1) is 28.7. The number of fused-ring (bicyclic) bond motifs is 2. The van der Waals surface area contributed by atoms with E-state index in [9.17, 15) is 0 Å². The normalized spacial score (nSPS) is 20.9. The molecule has 0 aromatic heterocycles. The van der Waals surface area contributed by atoms with E-state index in [2.05, 4.69) is 112 Å². The third kappa shape index (κ3) is 5.95. The van der Waals surface area contributed by atoms with Gasteiger partial charge in [0, 0.05) is 22.5 Å². The summed E-state index contributed by atoms with van der Waals surface area (Å²) in [5, 5.41) is 0. The van der Waals surface area contributed by atoms with Crippen molar-refractivity contribution in [1.82, 2.24) is 0 Å². The average Bonchev–Trinajstić information content (AvgIpc) is 3.23. The molecule has 0 aliphatic heterocycles. The van der Waals surface area contributed by atoms with Gasteiger partial charge in [-0.3, -0.25) is 0 Å². The van der Waals surface area contributed by atoms with Gasteiger partial charge in [-0.25, -0.2) is 0 Å². The van der Waals surface area contributed by atoms with Crippen LogP contribution in [0.3, 0.4) is 0 Å². The van der Waals surface area contributed by atoms with Gasteiger partial charge in [0.2, 0.25) is 0 Å². The first-order valence-electron chi connectivity index (χ1n) is 16.4. The third-order valence-electron chi connectivity index (χ3n) is 9.54. The Morgan fingerprint density at radius 3 is 2.12 bits per heavy atom. The zero-order valence-corrected chi connectivity index (χ0v) is 25.6. The summed E-state index contributed by atoms with van der Waals surface area (Å²) in [6.45, 7) is 9.38. The minimum absolute atomic E-state index is 0.148. The first-order chi connectivity index (χ1) is 19.6. The summed E-state index contributed by atoms with van der Waals surface area (Å²) < 4.78 is 0. The lowest BCUT2D eigenvalue weighted by molar-refractivity contribution is 0.397. The Morgan fingerprint density at radius 1 is 0.750 bits per heavy atom. The molecular weight excluding hydrogens is 482 g/mol. The van der Waals surface area contributed by atoms with Gasteiger partial charge in [-0.05, 0) is 90.1 Å². The van der Waals surface area contributed by atoms with Crippen LogP contribution >= 0.6 is 0 Å². The van der Waals surface area contributed by atoms with Crippen molar-refractivity contribution in [2.24, 2.45) is 11.8 Å². The number of hydrogen-bond acceptors (Lipinski definition) is 1. The molecule has 0 amide bonds. The van der Waals surface area contributed by atoms with Crippen molar-refractivity contribution in [3.8, 4) is 0 Å². The zero-order chi connectivity index (χ0) is 28.0. The number of anilines is 2. The monoisotopic (exact) mass is 533 g/mol. The van der Waals surface area contributed by atoms with E-state index in [4.69, 9.17) is 0 Å². The Hall–Kier alpha value is -2.80. The lowest BCUT2D eigenvalue weighted by Crippen LogP contribution is -2.27. The summed E-state index contributed by atoms with van der Waals surface area (Å²) in [7, 11) is 0. The van der Waals surface area contributed by atoms with E-state index in [0.29, 0.717) is 11.8 Å². The lowest BCUT2D eigenvalue weighted by atomic mass is 9.68. The lowest BCUT2D eigenvalue weighted by Gasteiger charge is -2.36. The molecular formula is C39H51N. The van der Waals surface area contributed by atoms with Crippen molar-refractivity contribution < 1.29 is 0 Å². The number of benzene rings is 2. The Kier molecular flexibility index (Phi) is 9.51. The molecule has 0 fully saturated rings. The Bertz CT molecular complexity index is 1240. The molecule has 2 aromatic carbocycles. The molecule has 1 nitrogen and oxygen atoms in total. The molecule has 5 rings (SSSR count). The topological polar surface area (TPSA) is 3.24 Å². The molecule has 0 N–H and O–H groups in total. The Morgan fingerprint density at radius 2 is 1.45 bits per heavy atom. The predicted molar refractivity (Wildman–Crippen MR) is 175 cm³/mol. The molecule has 1 unspecified atom stereocenters. The van der Waals surface area contributed by atoms with Gasteiger partial charge in [0.05, 0.1) is 0 Å². The second-order valence-corrected chi connectivity index (χ2v) is 12.8. The van der Waals surface area contributed by atoms with Crippen molar-refractivity contribution in [1.29, 1.82) is 0 Å². The molecule has 0 saturated carbocycles. The van der Waals surface area contributed by atoms with Crippen LogP contribution in [0.2, 0.25) is 0 Å². The molecule has 1 heteroatoms. The van der Waals surface area contributed by atoms with Gasteiger partial charge >= 0.3 is 0 Å². The number of rotatable bonds is 13. The molecule has 0 radical (unpaired) electrons. The maximum absolute atomic E-state index is 2.61. The summed E-state index contributed by atoms with van der Waals surface area (Å²) in [4.78, 5) is 2.54. The maximum atomic E-state index is 2.61. The van der Waals surface area contributed by atoms with E-state index in [0.717, 1.165) is 6.42 Å². The Balaban J connectivity index is 1.62. The number of hydrogen-bond donors (Lipinski definition) is 0. The summed E-state index contributed by atoms with van der Waals surface area (Å²) in [5.74, 6) is 1.17. The van der Waals surface area contributed by atoms with Gasteiger partial charge in [0.15, 0.2) is 0 Å². The smallest absolute Gasteiger partial charge is 0.0461 e. The highest BCUT2D eigenvalue weighted by Crippen LogP contribution is 2.56. The van der Waals surface area contributed by atoms with E-state index >= 15 is 0 Å². The second-order valence-electron chi connectivity index (χ2n) is 12.8. The predicted octanol–water partition coefficient (Wildman–Crippen LogP) is 11.8. The quantitative estimate of drug-likeness (QED) is 0.231. The van der Waals surface area contributed by atoms with Crippen LogP contribution < -0.4 is 4.90 Å². The van der Waals surface area contributed by atoms with Crippen molar-refractivity contribution in [3.05, 3.63) is 101 Å². The van der Waals surface area contributed by atoms with Gasteiger partial charge in [-0.2, -0.15) is 0 Å². The SMILES string of the molecule is CCCCCCC1(CCCCCC)C2=C(CC(C)C=C2)c2ccc(N(C3=CC=C[C@H](C)C3)c3ccccc3)cc21. The maximum Gasteiger partial charge on any atom is 0.0461 e. The fourth-order valence-corrected chi connectivity index (χ4v) is 7.46. The van der Waals surface area contributed by atoms with Gasteiger partial charge < -0.3 is 4.90 Å². The molecule has 2 atom stereocenters. The molecule has 40 heavy (non-hydrogen) atoms. The largest absolute Gasteiger partial charge is 0.314 e. The molecule has 0 saturated heterocycles. The second kappa shape index (κ2) is 13.2. The first-order valence-corrected chi connectivity index (χ1v) is 16.4. The molecule has 212 valence electrons. The van der Waals surface area contributed by atoms with Crippen LogP contribution in [0.4, 0.5) is 11.4 Å². The summed E-state index contributed by atoms with van der Waals surface area (Å²) in [6, 6.07) is 18.5. The fraction of sp³-hybridized carbons (Fsp3) is 0.487. The highest BCUT2D eigenvalue weighted by molar-refractivity contribution is 5.86. The van der Waals surface area contributed by atoms with Crippen LogP contribution in [0.5, 0.6) is 0 Å². The van der Waals surface area contributed by atoms with Gasteiger partial charge in [-0.1, -0.05) is 128 Å². The van der Waals surface area contributed by atoms with E-state index in [1.807, 2.05) is 0 Å². The zero-order valence-electron chi connectivity index (χ0n) is 25.6. The van der Waals surface area contributed by atoms with Crippen LogP contribution in [0.15, 0.2) is 90.2 Å². The minimum atomic E-state index is 0.148. The molecule has 2 aromatic rings. The van der Waals surface area contributed by atoms with Crippen molar-refractivity contribution in [3.63, 3.8) is 0 Å². The van der Waals surface area contributed by atoms with Crippen molar-refractivity contribution >= 4 is 16.9 Å².